The van der Waals surface area contributed by atoms with E-state index in [0.717, 1.165) is 12.4 Å². The summed E-state index contributed by atoms with van der Waals surface area (Å²) in [6.45, 7) is 3.14. The van der Waals surface area contributed by atoms with Gasteiger partial charge in [0.15, 0.2) is 0 Å². The fourth-order valence-corrected chi connectivity index (χ4v) is 2.42. The summed E-state index contributed by atoms with van der Waals surface area (Å²) in [5, 5.41) is 9.21. The Kier molecular flexibility index (Phi) is 5.11. The first-order valence-corrected chi connectivity index (χ1v) is 7.08. The topological polar surface area (TPSA) is 58.4 Å². The van der Waals surface area contributed by atoms with E-state index in [2.05, 4.69) is 21.7 Å². The molecule has 0 bridgehead atoms. The Morgan fingerprint density at radius 1 is 1.38 bits per heavy atom. The van der Waals surface area contributed by atoms with Crippen LogP contribution in [0.3, 0.4) is 0 Å². The van der Waals surface area contributed by atoms with Crippen LogP contribution in [0.2, 0.25) is 0 Å². The maximum atomic E-state index is 11.2. The first-order valence-electron chi connectivity index (χ1n) is 7.08. The zero-order chi connectivity index (χ0) is 15.2. The molecule has 21 heavy (non-hydrogen) atoms. The van der Waals surface area contributed by atoms with Gasteiger partial charge in [-0.2, -0.15) is 0 Å². The second kappa shape index (κ2) is 7.04. The van der Waals surface area contributed by atoms with Crippen molar-refractivity contribution in [3.8, 4) is 0 Å². The number of aliphatic carboxylic acids is 1. The molecule has 0 aliphatic carbocycles. The molecule has 0 radical (unpaired) electrons. The lowest BCUT2D eigenvalue weighted by Crippen LogP contribution is -2.38. The molecule has 0 spiro atoms. The summed E-state index contributed by atoms with van der Waals surface area (Å²) in [7, 11) is 1.82. The van der Waals surface area contributed by atoms with Crippen LogP contribution in [0.1, 0.15) is 24.7 Å². The molecule has 0 saturated carbocycles. The van der Waals surface area contributed by atoms with Gasteiger partial charge in [-0.05, 0) is 19.0 Å². The third kappa shape index (κ3) is 3.92. The molecule has 5 nitrogen and oxygen atoms in total. The zero-order valence-electron chi connectivity index (χ0n) is 12.4. The lowest BCUT2D eigenvalue weighted by atomic mass is 10.2. The highest BCUT2D eigenvalue weighted by Gasteiger charge is 2.21. The van der Waals surface area contributed by atoms with Crippen LogP contribution < -0.4 is 0 Å². The van der Waals surface area contributed by atoms with E-state index in [4.69, 9.17) is 0 Å². The van der Waals surface area contributed by atoms with Crippen LogP contribution in [0.25, 0.3) is 0 Å². The van der Waals surface area contributed by atoms with Gasteiger partial charge in [0.05, 0.1) is 6.54 Å². The van der Waals surface area contributed by atoms with Crippen molar-refractivity contribution in [3.05, 3.63) is 54.1 Å². The number of imidazole rings is 1. The molecular formula is C16H21N3O2. The van der Waals surface area contributed by atoms with Crippen LogP contribution in [0, 0.1) is 0 Å². The molecule has 2 aromatic rings. The van der Waals surface area contributed by atoms with Crippen LogP contribution >= 0.6 is 0 Å². The molecule has 1 aromatic heterocycles. The molecule has 5 heteroatoms. The van der Waals surface area contributed by atoms with E-state index in [0.29, 0.717) is 13.0 Å². The predicted molar refractivity (Wildman–Crippen MR) is 81.0 cm³/mol. The molecule has 0 aliphatic heterocycles. The highest BCUT2D eigenvalue weighted by atomic mass is 16.4. The summed E-state index contributed by atoms with van der Waals surface area (Å²) in [5.74, 6) is 0.0854. The minimum absolute atomic E-state index is 0.480. The van der Waals surface area contributed by atoms with Gasteiger partial charge in [0.1, 0.15) is 11.9 Å². The van der Waals surface area contributed by atoms with Crippen molar-refractivity contribution < 1.29 is 9.90 Å². The molecule has 2 rings (SSSR count). The molecule has 1 heterocycles. The van der Waals surface area contributed by atoms with Crippen molar-refractivity contribution >= 4 is 5.97 Å². The van der Waals surface area contributed by atoms with Crippen LogP contribution in [0.15, 0.2) is 42.7 Å². The molecule has 0 amide bonds. The number of aromatic nitrogens is 2. The van der Waals surface area contributed by atoms with Gasteiger partial charge in [-0.3, -0.25) is 9.69 Å². The number of carboxylic acid groups (broad SMARTS) is 1. The maximum Gasteiger partial charge on any atom is 0.320 e. The van der Waals surface area contributed by atoms with E-state index in [1.54, 1.807) is 6.20 Å². The molecule has 1 unspecified atom stereocenters. The second-order valence-electron chi connectivity index (χ2n) is 5.13. The van der Waals surface area contributed by atoms with Crippen molar-refractivity contribution in [1.29, 1.82) is 0 Å². The summed E-state index contributed by atoms with van der Waals surface area (Å²) in [4.78, 5) is 17.4. The number of benzene rings is 1. The Hall–Kier alpha value is -2.14. The fourth-order valence-electron chi connectivity index (χ4n) is 2.42. The van der Waals surface area contributed by atoms with Crippen molar-refractivity contribution in [2.75, 3.05) is 7.05 Å². The number of hydrogen-bond donors (Lipinski definition) is 1. The third-order valence-electron chi connectivity index (χ3n) is 3.59. The second-order valence-corrected chi connectivity index (χ2v) is 5.13. The number of nitrogens with zero attached hydrogens (tertiary/aromatic N) is 3. The van der Waals surface area contributed by atoms with Gasteiger partial charge in [0.25, 0.3) is 0 Å². The van der Waals surface area contributed by atoms with Crippen LogP contribution in [-0.4, -0.2) is 38.6 Å². The van der Waals surface area contributed by atoms with Gasteiger partial charge in [-0.25, -0.2) is 4.98 Å². The number of rotatable bonds is 7. The number of hydrogen-bond acceptors (Lipinski definition) is 3. The van der Waals surface area contributed by atoms with Crippen molar-refractivity contribution in [2.24, 2.45) is 0 Å². The van der Waals surface area contributed by atoms with E-state index >= 15 is 0 Å². The quantitative estimate of drug-likeness (QED) is 0.848. The molecule has 1 N–H and O–H groups in total. The molecule has 1 atom stereocenters. The normalized spacial score (nSPS) is 12.5. The molecule has 112 valence electrons. The standard InChI is InChI=1S/C16H21N3O2/c1-3-14(16(20)21)18(2)12-15-17-9-10-19(15)11-13-7-5-4-6-8-13/h4-10,14H,3,11-12H2,1-2H3,(H,20,21). The lowest BCUT2D eigenvalue weighted by Gasteiger charge is -2.23. The van der Waals surface area contributed by atoms with Gasteiger partial charge < -0.3 is 9.67 Å². The van der Waals surface area contributed by atoms with E-state index in [1.165, 1.54) is 5.56 Å². The number of carbonyl (C=O) groups is 1. The summed E-state index contributed by atoms with van der Waals surface area (Å²) >= 11 is 0. The molecule has 1 aromatic carbocycles. The van der Waals surface area contributed by atoms with Gasteiger partial charge >= 0.3 is 5.97 Å². The lowest BCUT2D eigenvalue weighted by molar-refractivity contribution is -0.143. The minimum Gasteiger partial charge on any atom is -0.480 e. The van der Waals surface area contributed by atoms with Gasteiger partial charge in [0, 0.05) is 18.9 Å². The van der Waals surface area contributed by atoms with Crippen LogP contribution in [0.4, 0.5) is 0 Å². The molecule has 0 fully saturated rings. The monoisotopic (exact) mass is 287 g/mol. The number of carboxylic acids is 1. The largest absolute Gasteiger partial charge is 0.480 e. The average molecular weight is 287 g/mol. The van der Waals surface area contributed by atoms with Crippen LogP contribution in [-0.2, 0) is 17.9 Å². The van der Waals surface area contributed by atoms with E-state index < -0.39 is 12.0 Å². The van der Waals surface area contributed by atoms with Crippen molar-refractivity contribution in [3.63, 3.8) is 0 Å². The summed E-state index contributed by atoms with van der Waals surface area (Å²) in [6, 6.07) is 9.67. The molecule has 0 aliphatic rings. The van der Waals surface area contributed by atoms with Crippen molar-refractivity contribution in [1.82, 2.24) is 14.5 Å². The minimum atomic E-state index is -0.791. The van der Waals surface area contributed by atoms with E-state index in [-0.39, 0.29) is 0 Å². The first kappa shape index (κ1) is 15.3. The fraction of sp³-hybridized carbons (Fsp3) is 0.375. The first-order chi connectivity index (χ1) is 10.1. The van der Waals surface area contributed by atoms with Gasteiger partial charge in [-0.1, -0.05) is 37.3 Å². The van der Waals surface area contributed by atoms with Gasteiger partial charge in [0.2, 0.25) is 0 Å². The number of likely N-dealkylation sites (N-methyl/N-ethyl adjacent to an activating group) is 1. The van der Waals surface area contributed by atoms with E-state index in [9.17, 15) is 9.90 Å². The maximum absolute atomic E-state index is 11.2. The van der Waals surface area contributed by atoms with Crippen molar-refractivity contribution in [2.45, 2.75) is 32.5 Å². The molecular weight excluding hydrogens is 266 g/mol. The zero-order valence-corrected chi connectivity index (χ0v) is 12.4. The Morgan fingerprint density at radius 3 is 2.71 bits per heavy atom. The smallest absolute Gasteiger partial charge is 0.320 e. The summed E-state index contributed by atoms with van der Waals surface area (Å²) in [5.41, 5.74) is 1.20. The summed E-state index contributed by atoms with van der Waals surface area (Å²) in [6.07, 6.45) is 4.26. The Labute approximate surface area is 124 Å². The van der Waals surface area contributed by atoms with E-state index in [1.807, 2.05) is 43.3 Å². The average Bonchev–Trinajstić information content (AvgIpc) is 2.87. The predicted octanol–water partition coefficient (Wildman–Crippen LogP) is 2.23. The summed E-state index contributed by atoms with van der Waals surface area (Å²) < 4.78 is 2.06. The Bertz CT molecular complexity index is 580. The Balaban J connectivity index is 2.08. The Morgan fingerprint density at radius 2 is 2.10 bits per heavy atom. The van der Waals surface area contributed by atoms with Crippen LogP contribution in [0.5, 0.6) is 0 Å². The third-order valence-corrected chi connectivity index (χ3v) is 3.59. The molecule has 0 saturated heterocycles. The highest BCUT2D eigenvalue weighted by Crippen LogP contribution is 2.10. The van der Waals surface area contributed by atoms with Gasteiger partial charge in [-0.15, -0.1) is 0 Å². The SMILES string of the molecule is CCC(C(=O)O)N(C)Cc1nccn1Cc1ccccc1. The highest BCUT2D eigenvalue weighted by molar-refractivity contribution is 5.73.